The van der Waals surface area contributed by atoms with E-state index in [1.54, 1.807) is 12.1 Å². The summed E-state index contributed by atoms with van der Waals surface area (Å²) >= 11 is 0. The van der Waals surface area contributed by atoms with Crippen LogP contribution in [0.2, 0.25) is 0 Å². The molecule has 1 aromatic carbocycles. The van der Waals surface area contributed by atoms with E-state index in [-0.39, 0.29) is 22.6 Å². The highest BCUT2D eigenvalue weighted by atomic mass is 32.2. The first kappa shape index (κ1) is 19.6. The number of carbonyl (C=O) groups excluding carboxylic acids is 1. The van der Waals surface area contributed by atoms with Gasteiger partial charge >= 0.3 is 0 Å². The number of hydroxylamine groups is 1. The third kappa shape index (κ3) is 5.60. The summed E-state index contributed by atoms with van der Waals surface area (Å²) < 4.78 is 27.2. The van der Waals surface area contributed by atoms with Crippen LogP contribution in [0.15, 0.2) is 29.2 Å². The van der Waals surface area contributed by atoms with Crippen molar-refractivity contribution in [3.05, 3.63) is 29.8 Å². The monoisotopic (exact) mass is 342 g/mol. The van der Waals surface area contributed by atoms with Crippen LogP contribution in [0.3, 0.4) is 0 Å². The van der Waals surface area contributed by atoms with Crippen LogP contribution in [0.5, 0.6) is 0 Å². The van der Waals surface area contributed by atoms with Gasteiger partial charge in [0, 0.05) is 0 Å². The molecule has 0 spiro atoms. The second-order valence-electron chi connectivity index (χ2n) is 7.05. The summed E-state index contributed by atoms with van der Waals surface area (Å²) in [6.45, 7) is 9.85. The molecule has 0 heterocycles. The van der Waals surface area contributed by atoms with Gasteiger partial charge in [-0.05, 0) is 35.4 Å². The van der Waals surface area contributed by atoms with Crippen molar-refractivity contribution in [2.45, 2.75) is 57.4 Å². The molecule has 0 aliphatic heterocycles. The van der Waals surface area contributed by atoms with E-state index < -0.39 is 22.0 Å². The van der Waals surface area contributed by atoms with Crippen molar-refractivity contribution in [2.75, 3.05) is 0 Å². The topological polar surface area (TPSA) is 95.5 Å². The van der Waals surface area contributed by atoms with Gasteiger partial charge in [0.15, 0.2) is 0 Å². The zero-order valence-corrected chi connectivity index (χ0v) is 15.1. The second kappa shape index (κ2) is 7.42. The van der Waals surface area contributed by atoms with E-state index in [0.717, 1.165) is 5.56 Å². The van der Waals surface area contributed by atoms with Gasteiger partial charge in [0.2, 0.25) is 10.0 Å². The summed E-state index contributed by atoms with van der Waals surface area (Å²) in [6, 6.07) is 5.54. The van der Waals surface area contributed by atoms with Crippen LogP contribution in [-0.2, 0) is 20.2 Å². The van der Waals surface area contributed by atoms with Crippen LogP contribution in [-0.4, -0.2) is 25.6 Å². The lowest BCUT2D eigenvalue weighted by Crippen LogP contribution is -2.46. The molecule has 1 atom stereocenters. The minimum Gasteiger partial charge on any atom is -0.289 e. The maximum Gasteiger partial charge on any atom is 0.261 e. The summed E-state index contributed by atoms with van der Waals surface area (Å²) in [5.41, 5.74) is 2.45. The molecule has 1 aromatic rings. The first-order valence-electron chi connectivity index (χ1n) is 7.54. The third-order valence-corrected chi connectivity index (χ3v) is 4.95. The average molecular weight is 342 g/mol. The number of hydrogen-bond acceptors (Lipinski definition) is 4. The van der Waals surface area contributed by atoms with Gasteiger partial charge in [-0.25, -0.2) is 13.9 Å². The van der Waals surface area contributed by atoms with Gasteiger partial charge in [-0.2, -0.15) is 4.72 Å². The molecule has 0 aliphatic carbocycles. The molecule has 0 saturated heterocycles. The quantitative estimate of drug-likeness (QED) is 0.545. The highest BCUT2D eigenvalue weighted by molar-refractivity contribution is 7.89. The summed E-state index contributed by atoms with van der Waals surface area (Å²) in [5.74, 6) is -0.683. The molecule has 0 aromatic heterocycles. The molecule has 3 N–H and O–H groups in total. The Kier molecular flexibility index (Phi) is 6.33. The molecule has 130 valence electrons. The number of benzene rings is 1. The molecule has 1 rings (SSSR count). The highest BCUT2D eigenvalue weighted by Gasteiger charge is 2.26. The minimum absolute atomic E-state index is 0.0767. The van der Waals surface area contributed by atoms with Crippen molar-refractivity contribution in [1.82, 2.24) is 10.2 Å². The fourth-order valence-electron chi connectivity index (χ4n) is 2.15. The maximum atomic E-state index is 12.4. The summed E-state index contributed by atoms with van der Waals surface area (Å²) in [7, 11) is -3.84. The van der Waals surface area contributed by atoms with Gasteiger partial charge in [-0.3, -0.25) is 10.0 Å². The van der Waals surface area contributed by atoms with E-state index in [9.17, 15) is 13.2 Å². The van der Waals surface area contributed by atoms with Crippen LogP contribution in [0, 0.1) is 5.92 Å². The summed E-state index contributed by atoms with van der Waals surface area (Å²) in [6.07, 6.45) is 0.283. The molecule has 0 radical (unpaired) electrons. The lowest BCUT2D eigenvalue weighted by atomic mass is 9.87. The Hall–Kier alpha value is -1.44. The molecule has 1 amide bonds. The van der Waals surface area contributed by atoms with Crippen molar-refractivity contribution in [1.29, 1.82) is 0 Å². The molecule has 1 unspecified atom stereocenters. The van der Waals surface area contributed by atoms with Gasteiger partial charge in [-0.15, -0.1) is 0 Å². The predicted octanol–water partition coefficient (Wildman–Crippen LogP) is 2.18. The van der Waals surface area contributed by atoms with Gasteiger partial charge in [0.25, 0.3) is 5.91 Å². The Bertz CT molecular complexity index is 631. The second-order valence-corrected chi connectivity index (χ2v) is 8.77. The van der Waals surface area contributed by atoms with E-state index in [1.807, 2.05) is 34.6 Å². The Morgan fingerprint density at radius 1 is 1.17 bits per heavy atom. The molecule has 23 heavy (non-hydrogen) atoms. The lowest BCUT2D eigenvalue weighted by molar-refractivity contribution is -0.131. The van der Waals surface area contributed by atoms with Crippen LogP contribution in [0.25, 0.3) is 0 Å². The number of hydrogen-bond donors (Lipinski definition) is 3. The van der Waals surface area contributed by atoms with Crippen molar-refractivity contribution >= 4 is 15.9 Å². The standard InChI is InChI=1S/C16H26N2O4S/c1-11(2)10-14(15(19)17-20)18-23(21,22)13-8-6-12(7-9-13)16(3,4)5/h6-9,11,14,18,20H,10H2,1-5H3,(H,17,19). The number of amides is 1. The number of carbonyl (C=O) groups is 1. The molecule has 0 fully saturated rings. The zero-order valence-electron chi connectivity index (χ0n) is 14.3. The zero-order chi connectivity index (χ0) is 17.8. The fraction of sp³-hybridized carbons (Fsp3) is 0.562. The van der Waals surface area contributed by atoms with Crippen molar-refractivity contribution in [3.63, 3.8) is 0 Å². The van der Waals surface area contributed by atoms with Crippen LogP contribution >= 0.6 is 0 Å². The predicted molar refractivity (Wildman–Crippen MR) is 88.6 cm³/mol. The Morgan fingerprint density at radius 3 is 2.09 bits per heavy atom. The van der Waals surface area contributed by atoms with E-state index in [1.165, 1.54) is 17.6 Å². The molecule has 0 aliphatic rings. The number of nitrogens with one attached hydrogen (secondary N) is 2. The summed E-state index contributed by atoms with van der Waals surface area (Å²) in [4.78, 5) is 11.7. The van der Waals surface area contributed by atoms with Crippen LogP contribution in [0.4, 0.5) is 0 Å². The van der Waals surface area contributed by atoms with Crippen molar-refractivity contribution in [3.8, 4) is 0 Å². The number of sulfonamides is 1. The van der Waals surface area contributed by atoms with Crippen LogP contribution in [0.1, 0.15) is 46.6 Å². The Morgan fingerprint density at radius 2 is 1.70 bits per heavy atom. The van der Waals surface area contributed by atoms with Gasteiger partial charge in [0.05, 0.1) is 4.90 Å². The summed E-state index contributed by atoms with van der Waals surface area (Å²) in [5, 5.41) is 8.78. The first-order valence-corrected chi connectivity index (χ1v) is 9.02. The smallest absolute Gasteiger partial charge is 0.261 e. The van der Waals surface area contributed by atoms with E-state index >= 15 is 0 Å². The largest absolute Gasteiger partial charge is 0.289 e. The number of rotatable bonds is 6. The van der Waals surface area contributed by atoms with Crippen LogP contribution < -0.4 is 10.2 Å². The minimum atomic E-state index is -3.84. The Labute approximate surface area is 138 Å². The molecular weight excluding hydrogens is 316 g/mol. The van der Waals surface area contributed by atoms with Gasteiger partial charge < -0.3 is 0 Å². The van der Waals surface area contributed by atoms with E-state index in [0.29, 0.717) is 0 Å². The molecule has 0 bridgehead atoms. The maximum absolute atomic E-state index is 12.4. The SMILES string of the molecule is CC(C)CC(NS(=O)(=O)c1ccc(C(C)(C)C)cc1)C(=O)NO. The lowest BCUT2D eigenvalue weighted by Gasteiger charge is -2.20. The van der Waals surface area contributed by atoms with Crippen molar-refractivity contribution < 1.29 is 18.4 Å². The first-order chi connectivity index (χ1) is 10.5. The molecule has 0 saturated carbocycles. The van der Waals surface area contributed by atoms with Crippen molar-refractivity contribution in [2.24, 2.45) is 5.92 Å². The van der Waals surface area contributed by atoms with Gasteiger partial charge in [0.1, 0.15) is 6.04 Å². The normalized spacial score (nSPS) is 13.9. The van der Waals surface area contributed by atoms with E-state index in [4.69, 9.17) is 5.21 Å². The Balaban J connectivity index is 3.03. The molecule has 6 nitrogen and oxygen atoms in total. The third-order valence-electron chi connectivity index (χ3n) is 3.46. The fourth-order valence-corrected chi connectivity index (χ4v) is 3.36. The van der Waals surface area contributed by atoms with Gasteiger partial charge in [-0.1, -0.05) is 46.8 Å². The molecular formula is C16H26N2O4S. The molecule has 7 heteroatoms. The highest BCUT2D eigenvalue weighted by Crippen LogP contribution is 2.23. The average Bonchev–Trinajstić information content (AvgIpc) is 2.44. The van der Waals surface area contributed by atoms with E-state index in [2.05, 4.69) is 4.72 Å².